The lowest BCUT2D eigenvalue weighted by molar-refractivity contribution is -0.0270. The number of hydrogen-bond acceptors (Lipinski definition) is 6. The lowest BCUT2D eigenvalue weighted by Crippen LogP contribution is -2.42. The smallest absolute Gasteiger partial charge is 0.255 e. The molecule has 1 aliphatic rings. The number of nitrogens with zero attached hydrogens (tertiary/aromatic N) is 6. The first-order valence-electron chi connectivity index (χ1n) is 7.89. The zero-order chi connectivity index (χ0) is 17.1. The van der Waals surface area contributed by atoms with Crippen molar-refractivity contribution >= 4 is 5.91 Å². The highest BCUT2D eigenvalue weighted by Gasteiger charge is 2.30. The second-order valence-corrected chi connectivity index (χ2v) is 5.77. The summed E-state index contributed by atoms with van der Waals surface area (Å²) in [4.78, 5) is 16.0. The van der Waals surface area contributed by atoms with Gasteiger partial charge in [0.05, 0.1) is 31.9 Å². The van der Waals surface area contributed by atoms with Gasteiger partial charge in [0.15, 0.2) is 0 Å². The number of ether oxygens (including phenoxy) is 2. The van der Waals surface area contributed by atoms with Crippen molar-refractivity contribution in [3.05, 3.63) is 29.3 Å². The maximum Gasteiger partial charge on any atom is 0.255 e. The van der Waals surface area contributed by atoms with E-state index >= 15 is 0 Å². The fraction of sp³-hybridized carbons (Fsp3) is 0.600. The predicted octanol–water partition coefficient (Wildman–Crippen LogP) is 0.180. The van der Waals surface area contributed by atoms with E-state index in [9.17, 15) is 4.79 Å². The number of carbonyl (C=O) groups excluding carboxylic acids is 1. The van der Waals surface area contributed by atoms with Gasteiger partial charge in [-0.3, -0.25) is 4.79 Å². The van der Waals surface area contributed by atoms with E-state index in [0.717, 1.165) is 11.3 Å². The fourth-order valence-electron chi connectivity index (χ4n) is 2.65. The summed E-state index contributed by atoms with van der Waals surface area (Å²) in [6.45, 7) is 4.41. The number of rotatable bonds is 5. The lowest BCUT2D eigenvalue weighted by Gasteiger charge is -2.31. The van der Waals surface area contributed by atoms with Crippen LogP contribution in [0.1, 0.15) is 28.0 Å². The Bertz CT molecular complexity index is 710. The Balaban J connectivity index is 1.69. The van der Waals surface area contributed by atoms with Gasteiger partial charge in [-0.15, -0.1) is 10.2 Å². The van der Waals surface area contributed by atoms with Crippen LogP contribution in [-0.4, -0.2) is 69.0 Å². The van der Waals surface area contributed by atoms with E-state index in [0.29, 0.717) is 38.7 Å². The second-order valence-electron chi connectivity index (χ2n) is 5.77. The molecule has 130 valence electrons. The third kappa shape index (κ3) is 3.31. The molecule has 0 aliphatic carbocycles. The number of amides is 1. The van der Waals surface area contributed by atoms with Crippen molar-refractivity contribution in [1.29, 1.82) is 0 Å². The van der Waals surface area contributed by atoms with Crippen LogP contribution in [0.3, 0.4) is 0 Å². The molecular formula is C15H22N6O3. The van der Waals surface area contributed by atoms with Crippen LogP contribution in [0.5, 0.6) is 0 Å². The molecule has 24 heavy (non-hydrogen) atoms. The molecule has 1 atom stereocenters. The van der Waals surface area contributed by atoms with Gasteiger partial charge < -0.3 is 18.9 Å². The van der Waals surface area contributed by atoms with Crippen LogP contribution >= 0.6 is 0 Å². The third-order valence-electron chi connectivity index (χ3n) is 4.22. The Hall–Kier alpha value is -2.26. The second kappa shape index (κ2) is 7.10. The molecule has 1 amide bonds. The highest BCUT2D eigenvalue weighted by atomic mass is 16.5. The summed E-state index contributed by atoms with van der Waals surface area (Å²) >= 11 is 0. The minimum Gasteiger partial charge on any atom is -0.383 e. The van der Waals surface area contributed by atoms with Crippen LogP contribution in [0.4, 0.5) is 0 Å². The summed E-state index contributed by atoms with van der Waals surface area (Å²) in [6.07, 6.45) is 1.53. The fourth-order valence-corrected chi connectivity index (χ4v) is 2.65. The topological polar surface area (TPSA) is 87.3 Å². The first-order valence-corrected chi connectivity index (χ1v) is 7.89. The van der Waals surface area contributed by atoms with Crippen molar-refractivity contribution in [2.45, 2.75) is 19.6 Å². The van der Waals surface area contributed by atoms with Gasteiger partial charge in [-0.2, -0.15) is 4.80 Å². The van der Waals surface area contributed by atoms with Gasteiger partial charge in [0.2, 0.25) is 5.82 Å². The predicted molar refractivity (Wildman–Crippen MR) is 84.4 cm³/mol. The Morgan fingerprint density at radius 3 is 3.04 bits per heavy atom. The molecule has 1 fully saturated rings. The molecule has 9 heteroatoms. The van der Waals surface area contributed by atoms with Gasteiger partial charge in [-0.1, -0.05) is 0 Å². The number of aryl methyl sites for hydroxylation is 1. The molecule has 1 aliphatic heterocycles. The number of morpholine rings is 1. The van der Waals surface area contributed by atoms with Crippen LogP contribution < -0.4 is 0 Å². The molecule has 3 rings (SSSR count). The zero-order valence-corrected chi connectivity index (χ0v) is 14.2. The summed E-state index contributed by atoms with van der Waals surface area (Å²) in [7, 11) is 3.55. The van der Waals surface area contributed by atoms with Crippen molar-refractivity contribution in [2.24, 2.45) is 7.05 Å². The number of carbonyl (C=O) groups is 1. The highest BCUT2D eigenvalue weighted by molar-refractivity contribution is 5.95. The molecule has 1 saturated heterocycles. The van der Waals surface area contributed by atoms with Crippen LogP contribution in [0.15, 0.2) is 12.3 Å². The molecule has 0 aromatic carbocycles. The van der Waals surface area contributed by atoms with Crippen LogP contribution in [0.2, 0.25) is 0 Å². The Morgan fingerprint density at radius 2 is 2.33 bits per heavy atom. The molecule has 2 aromatic rings. The molecular weight excluding hydrogens is 312 g/mol. The van der Waals surface area contributed by atoms with E-state index in [2.05, 4.69) is 15.4 Å². The van der Waals surface area contributed by atoms with E-state index in [-0.39, 0.29) is 12.0 Å². The first kappa shape index (κ1) is 16.6. The molecule has 2 aromatic heterocycles. The minimum absolute atomic E-state index is 0.00757. The quantitative estimate of drug-likeness (QED) is 0.775. The van der Waals surface area contributed by atoms with E-state index in [1.165, 1.54) is 4.80 Å². The van der Waals surface area contributed by atoms with Gasteiger partial charge >= 0.3 is 0 Å². The van der Waals surface area contributed by atoms with E-state index in [4.69, 9.17) is 9.47 Å². The lowest BCUT2D eigenvalue weighted by atomic mass is 10.2. The Labute approximate surface area is 140 Å². The SMILES string of the molecule is COCCn1nnc(C2CN(C(=O)c3ccn(C)c3C)CCO2)n1. The third-order valence-corrected chi connectivity index (χ3v) is 4.22. The summed E-state index contributed by atoms with van der Waals surface area (Å²) in [5, 5.41) is 12.3. The van der Waals surface area contributed by atoms with Crippen LogP contribution in [-0.2, 0) is 23.1 Å². The summed E-state index contributed by atoms with van der Waals surface area (Å²) < 4.78 is 12.7. The maximum atomic E-state index is 12.7. The normalized spacial score (nSPS) is 18.1. The molecule has 0 bridgehead atoms. The number of tetrazole rings is 1. The summed E-state index contributed by atoms with van der Waals surface area (Å²) in [6, 6.07) is 1.85. The van der Waals surface area contributed by atoms with Gasteiger partial charge in [0.25, 0.3) is 5.91 Å². The number of hydrogen-bond donors (Lipinski definition) is 0. The molecule has 0 N–H and O–H groups in total. The summed E-state index contributed by atoms with van der Waals surface area (Å²) in [5.74, 6) is 0.501. The largest absolute Gasteiger partial charge is 0.383 e. The first-order chi connectivity index (χ1) is 11.6. The maximum absolute atomic E-state index is 12.7. The molecule has 1 unspecified atom stereocenters. The molecule has 9 nitrogen and oxygen atoms in total. The summed E-state index contributed by atoms with van der Waals surface area (Å²) in [5.41, 5.74) is 1.67. The monoisotopic (exact) mass is 334 g/mol. The average Bonchev–Trinajstić information content (AvgIpc) is 3.20. The molecule has 0 radical (unpaired) electrons. The van der Waals surface area contributed by atoms with Crippen LogP contribution in [0, 0.1) is 6.92 Å². The van der Waals surface area contributed by atoms with Gasteiger partial charge in [0, 0.05) is 32.6 Å². The van der Waals surface area contributed by atoms with Gasteiger partial charge in [-0.25, -0.2) is 0 Å². The van der Waals surface area contributed by atoms with Gasteiger partial charge in [0.1, 0.15) is 6.10 Å². The van der Waals surface area contributed by atoms with Gasteiger partial charge in [-0.05, 0) is 18.2 Å². The molecule has 3 heterocycles. The average molecular weight is 334 g/mol. The van der Waals surface area contributed by atoms with Crippen molar-refractivity contribution in [1.82, 2.24) is 29.7 Å². The Morgan fingerprint density at radius 1 is 1.50 bits per heavy atom. The van der Waals surface area contributed by atoms with E-state index in [1.807, 2.05) is 30.8 Å². The van der Waals surface area contributed by atoms with Crippen molar-refractivity contribution in [3.63, 3.8) is 0 Å². The van der Waals surface area contributed by atoms with E-state index in [1.54, 1.807) is 12.0 Å². The van der Waals surface area contributed by atoms with Crippen molar-refractivity contribution in [2.75, 3.05) is 33.4 Å². The standard InChI is InChI=1S/C15H22N6O3/c1-11-12(4-5-19(11)2)15(22)20-6-9-24-13(10-20)14-16-18-21(17-14)7-8-23-3/h4-5,13H,6-10H2,1-3H3. The van der Waals surface area contributed by atoms with E-state index < -0.39 is 0 Å². The molecule has 0 spiro atoms. The highest BCUT2D eigenvalue weighted by Crippen LogP contribution is 2.21. The van der Waals surface area contributed by atoms with Crippen molar-refractivity contribution in [3.8, 4) is 0 Å². The minimum atomic E-state index is -0.358. The Kier molecular flexibility index (Phi) is 4.91. The molecule has 0 saturated carbocycles. The zero-order valence-electron chi connectivity index (χ0n) is 14.2. The number of methoxy groups -OCH3 is 1. The van der Waals surface area contributed by atoms with Crippen LogP contribution in [0.25, 0.3) is 0 Å². The number of aromatic nitrogens is 5. The van der Waals surface area contributed by atoms with Crippen molar-refractivity contribution < 1.29 is 14.3 Å².